The van der Waals surface area contributed by atoms with Gasteiger partial charge >= 0.3 is 0 Å². The molecular weight excluding hydrogens is 668 g/mol. The summed E-state index contributed by atoms with van der Waals surface area (Å²) in [5, 5.41) is 2.83. The number of allylic oxidation sites excluding steroid dienone is 4. The number of nitrogens with one attached hydrogen (secondary N) is 1. The van der Waals surface area contributed by atoms with Gasteiger partial charge < -0.3 is 19.7 Å². The van der Waals surface area contributed by atoms with Gasteiger partial charge in [-0.1, -0.05) is 76.2 Å². The van der Waals surface area contributed by atoms with Gasteiger partial charge in [0.1, 0.15) is 0 Å². The highest BCUT2D eigenvalue weighted by Crippen LogP contribution is 2.55. The Balaban J connectivity index is 1.42. The Kier molecular flexibility index (Phi) is 9.40. The van der Waals surface area contributed by atoms with E-state index in [1.807, 2.05) is 60.7 Å². The highest BCUT2D eigenvalue weighted by atomic mass is 79.9. The number of nitrogens with zero attached hydrogens (tertiary/aromatic N) is 1. The van der Waals surface area contributed by atoms with Crippen LogP contribution in [-0.4, -0.2) is 42.6 Å². The van der Waals surface area contributed by atoms with Gasteiger partial charge in [-0.2, -0.15) is 0 Å². The fourth-order valence-corrected chi connectivity index (χ4v) is 8.01. The maximum Gasteiger partial charge on any atom is 0.262 e. The molecule has 3 aliphatic rings. The van der Waals surface area contributed by atoms with Crippen molar-refractivity contribution in [1.82, 2.24) is 4.90 Å². The van der Waals surface area contributed by atoms with Gasteiger partial charge in [-0.25, -0.2) is 0 Å². The van der Waals surface area contributed by atoms with E-state index < -0.39 is 5.92 Å². The molecule has 0 unspecified atom stereocenters. The minimum absolute atomic E-state index is 0.0770. The zero-order chi connectivity index (χ0) is 34.2. The third-order valence-corrected chi connectivity index (χ3v) is 10.1. The number of amides is 1. The first kappa shape index (κ1) is 33.7. The normalized spacial score (nSPS) is 18.8. The Bertz CT molecular complexity index is 1760. The lowest BCUT2D eigenvalue weighted by Gasteiger charge is -2.49. The van der Waals surface area contributed by atoms with Crippen LogP contribution in [0, 0.1) is 10.8 Å². The van der Waals surface area contributed by atoms with Crippen LogP contribution in [-0.2, 0) is 20.8 Å². The summed E-state index contributed by atoms with van der Waals surface area (Å²) in [4.78, 5) is 43.5. The highest BCUT2D eigenvalue weighted by molar-refractivity contribution is 9.10. The van der Waals surface area contributed by atoms with Crippen LogP contribution >= 0.6 is 15.9 Å². The van der Waals surface area contributed by atoms with Crippen LogP contribution in [0.1, 0.15) is 70.4 Å². The zero-order valence-electron chi connectivity index (χ0n) is 28.3. The predicted octanol–water partition coefficient (Wildman–Crippen LogP) is 8.40. The van der Waals surface area contributed by atoms with E-state index in [0.29, 0.717) is 52.2 Å². The second-order valence-electron chi connectivity index (χ2n) is 14.7. The van der Waals surface area contributed by atoms with E-state index in [2.05, 4.69) is 66.0 Å². The minimum Gasteiger partial charge on any atom is -0.493 e. The number of rotatable bonds is 9. The molecule has 1 heterocycles. The molecule has 0 saturated carbocycles. The van der Waals surface area contributed by atoms with Crippen molar-refractivity contribution in [2.24, 2.45) is 10.8 Å². The minimum atomic E-state index is -0.532. The molecule has 48 heavy (non-hydrogen) atoms. The fraction of sp³-hybridized carbons (Fsp3) is 0.375. The van der Waals surface area contributed by atoms with Crippen molar-refractivity contribution >= 4 is 39.1 Å². The van der Waals surface area contributed by atoms with Crippen LogP contribution in [0.3, 0.4) is 0 Å². The third-order valence-electron chi connectivity index (χ3n) is 9.48. The molecule has 7 nitrogen and oxygen atoms in total. The molecule has 3 aromatic carbocycles. The molecule has 0 fully saturated rings. The molecule has 1 N–H and O–H groups in total. The van der Waals surface area contributed by atoms with E-state index in [4.69, 9.17) is 9.47 Å². The first-order valence-electron chi connectivity index (χ1n) is 16.5. The molecule has 250 valence electrons. The Hall–Kier alpha value is -4.17. The first-order chi connectivity index (χ1) is 22.9. The molecule has 2 aliphatic carbocycles. The number of carbonyl (C=O) groups excluding carboxylic acids is 3. The van der Waals surface area contributed by atoms with E-state index in [0.717, 1.165) is 36.2 Å². The number of halogens is 1. The molecule has 0 atom stereocenters. The summed E-state index contributed by atoms with van der Waals surface area (Å²) < 4.78 is 12.4. The Morgan fingerprint density at radius 2 is 1.42 bits per heavy atom. The molecule has 0 aromatic heterocycles. The SMILES string of the molecule is COc1cc(C2C3=C(CC(C)(C)CC3=O)N(CCc3ccccc3)C3=C2C(=O)CC(C)(C)C3)cc(Br)c1OCC(=O)Nc1ccccc1. The van der Waals surface area contributed by atoms with Crippen LogP contribution in [0.5, 0.6) is 11.5 Å². The van der Waals surface area contributed by atoms with Crippen LogP contribution in [0.25, 0.3) is 0 Å². The lowest BCUT2D eigenvalue weighted by Crippen LogP contribution is -2.45. The van der Waals surface area contributed by atoms with E-state index >= 15 is 0 Å². The van der Waals surface area contributed by atoms with E-state index in [1.165, 1.54) is 5.56 Å². The molecule has 0 spiro atoms. The van der Waals surface area contributed by atoms with Crippen LogP contribution in [0.15, 0.2) is 99.8 Å². The molecule has 6 rings (SSSR count). The van der Waals surface area contributed by atoms with Crippen molar-refractivity contribution in [3.63, 3.8) is 0 Å². The molecule has 0 saturated heterocycles. The van der Waals surface area contributed by atoms with Gasteiger partial charge in [0.15, 0.2) is 29.7 Å². The topological polar surface area (TPSA) is 84.9 Å². The van der Waals surface area contributed by atoms with Gasteiger partial charge in [0.25, 0.3) is 5.91 Å². The summed E-state index contributed by atoms with van der Waals surface area (Å²) in [5.41, 5.74) is 5.71. The molecule has 3 aromatic rings. The summed E-state index contributed by atoms with van der Waals surface area (Å²) in [6.07, 6.45) is 3.09. The number of carbonyl (C=O) groups is 3. The van der Waals surface area contributed by atoms with Crippen LogP contribution in [0.2, 0.25) is 0 Å². The summed E-state index contributed by atoms with van der Waals surface area (Å²) in [5.74, 6) is 0.102. The predicted molar refractivity (Wildman–Crippen MR) is 191 cm³/mol. The van der Waals surface area contributed by atoms with Gasteiger partial charge in [-0.15, -0.1) is 0 Å². The number of anilines is 1. The van der Waals surface area contributed by atoms with E-state index in [-0.39, 0.29) is 34.9 Å². The largest absolute Gasteiger partial charge is 0.493 e. The maximum absolute atomic E-state index is 14.3. The molecular formula is C40H43BrN2O5. The van der Waals surface area contributed by atoms with Gasteiger partial charge in [0, 0.05) is 53.5 Å². The number of ketones is 2. The van der Waals surface area contributed by atoms with Crippen molar-refractivity contribution in [1.29, 1.82) is 0 Å². The van der Waals surface area contributed by atoms with Gasteiger partial charge in [0.2, 0.25) is 0 Å². The second-order valence-corrected chi connectivity index (χ2v) is 15.5. The smallest absolute Gasteiger partial charge is 0.262 e. The summed E-state index contributed by atoms with van der Waals surface area (Å²) >= 11 is 3.68. The maximum atomic E-state index is 14.3. The Labute approximate surface area is 291 Å². The number of benzene rings is 3. The van der Waals surface area contributed by atoms with Gasteiger partial charge in [-0.05, 0) is 81.4 Å². The third kappa shape index (κ3) is 7.00. The molecule has 0 bridgehead atoms. The van der Waals surface area contributed by atoms with Crippen molar-refractivity contribution < 1.29 is 23.9 Å². The van der Waals surface area contributed by atoms with Crippen molar-refractivity contribution in [2.75, 3.05) is 25.6 Å². The van der Waals surface area contributed by atoms with Crippen LogP contribution < -0.4 is 14.8 Å². The number of para-hydroxylation sites is 1. The van der Waals surface area contributed by atoms with E-state index in [9.17, 15) is 14.4 Å². The first-order valence-corrected chi connectivity index (χ1v) is 17.3. The number of methoxy groups -OCH3 is 1. The van der Waals surface area contributed by atoms with Crippen molar-refractivity contribution in [3.8, 4) is 11.5 Å². The number of ether oxygens (including phenoxy) is 2. The molecule has 1 aliphatic heterocycles. The Morgan fingerprint density at radius 3 is 1.98 bits per heavy atom. The zero-order valence-corrected chi connectivity index (χ0v) is 29.9. The molecule has 1 amide bonds. The average molecular weight is 712 g/mol. The standard InChI is InChI=1S/C40H43BrN2O5/c1-39(2)20-29-36(31(44)22-39)35(37-30(21-40(3,4)23-32(37)45)43(29)17-16-25-12-8-6-9-13-25)26-18-28(41)38(33(19-26)47-5)48-24-34(46)42-27-14-10-7-11-15-27/h6-15,18-19,35H,16-17,20-24H2,1-5H3,(H,42,46). The number of hydrogen-bond donors (Lipinski definition) is 1. The van der Waals surface area contributed by atoms with Gasteiger partial charge in [0.05, 0.1) is 11.6 Å². The lowest BCUT2D eigenvalue weighted by atomic mass is 9.63. The lowest BCUT2D eigenvalue weighted by molar-refractivity contribution is -0.120. The average Bonchev–Trinajstić information content (AvgIpc) is 3.02. The highest BCUT2D eigenvalue weighted by Gasteiger charge is 2.49. The summed E-state index contributed by atoms with van der Waals surface area (Å²) in [6.45, 7) is 9.06. The quantitative estimate of drug-likeness (QED) is 0.240. The second kappa shape index (κ2) is 13.4. The molecule has 8 heteroatoms. The monoisotopic (exact) mass is 710 g/mol. The number of Topliss-reactive ketones (excluding diaryl/α,β-unsaturated/α-hetero) is 2. The van der Waals surface area contributed by atoms with Gasteiger partial charge in [-0.3, -0.25) is 14.4 Å². The number of hydrogen-bond acceptors (Lipinski definition) is 6. The van der Waals surface area contributed by atoms with Crippen molar-refractivity contribution in [2.45, 2.75) is 65.7 Å². The molecule has 0 radical (unpaired) electrons. The van der Waals surface area contributed by atoms with E-state index in [1.54, 1.807) is 7.11 Å². The summed E-state index contributed by atoms with van der Waals surface area (Å²) in [6, 6.07) is 23.3. The van der Waals surface area contributed by atoms with Crippen LogP contribution in [0.4, 0.5) is 5.69 Å². The Morgan fingerprint density at radius 1 is 0.854 bits per heavy atom. The summed E-state index contributed by atoms with van der Waals surface area (Å²) in [7, 11) is 1.55. The van der Waals surface area contributed by atoms with Crippen molar-refractivity contribution in [3.05, 3.63) is 111 Å². The fourth-order valence-electron chi connectivity index (χ4n) is 7.44.